The van der Waals surface area contributed by atoms with Gasteiger partial charge in [0.05, 0.1) is 7.11 Å². The van der Waals surface area contributed by atoms with Gasteiger partial charge in [0, 0.05) is 0 Å². The summed E-state index contributed by atoms with van der Waals surface area (Å²) in [5, 5.41) is 0. The van der Waals surface area contributed by atoms with Crippen molar-refractivity contribution in [1.29, 1.82) is 0 Å². The maximum absolute atomic E-state index is 9.77. The van der Waals surface area contributed by atoms with Crippen LogP contribution >= 0.6 is 0 Å². The lowest BCUT2D eigenvalue weighted by Gasteiger charge is -1.90. The van der Waals surface area contributed by atoms with Crippen LogP contribution in [0.1, 0.15) is 6.92 Å². The molecule has 2 heteroatoms. The van der Waals surface area contributed by atoms with Gasteiger partial charge in [-0.15, -0.1) is 0 Å². The van der Waals surface area contributed by atoms with Crippen LogP contribution in [-0.2, 0) is 9.53 Å². The largest absolute Gasteiger partial charge is 0.494 e. The summed E-state index contributed by atoms with van der Waals surface area (Å²) in [6.45, 7) is 1.74. The van der Waals surface area contributed by atoms with E-state index in [0.717, 1.165) is 0 Å². The highest BCUT2D eigenvalue weighted by molar-refractivity contribution is 5.69. The highest BCUT2D eigenvalue weighted by Crippen LogP contribution is 1.85. The van der Waals surface area contributed by atoms with Crippen LogP contribution in [0.4, 0.5) is 0 Å². The van der Waals surface area contributed by atoms with Crippen LogP contribution < -0.4 is 0 Å². The van der Waals surface area contributed by atoms with Crippen molar-refractivity contribution >= 4 is 6.29 Å². The number of carbonyl (C=O) groups is 1. The molecule has 0 aromatic rings. The lowest BCUT2D eigenvalue weighted by molar-refractivity contribution is -0.107. The predicted molar refractivity (Wildman–Crippen MR) is 26.8 cm³/mol. The first-order chi connectivity index (χ1) is 3.35. The number of ether oxygens (including phenoxy) is 1. The van der Waals surface area contributed by atoms with E-state index < -0.39 is 0 Å². The van der Waals surface area contributed by atoms with Gasteiger partial charge in [-0.05, 0) is 13.0 Å². The van der Waals surface area contributed by atoms with Crippen LogP contribution in [0, 0.1) is 0 Å². The van der Waals surface area contributed by atoms with Gasteiger partial charge in [-0.2, -0.15) is 0 Å². The molecule has 7 heavy (non-hydrogen) atoms. The highest BCUT2D eigenvalue weighted by atomic mass is 16.5. The van der Waals surface area contributed by atoms with E-state index in [4.69, 9.17) is 0 Å². The molecule has 0 saturated heterocycles. The molecule has 0 aliphatic carbocycles. The van der Waals surface area contributed by atoms with Crippen LogP contribution in [0.5, 0.6) is 0 Å². The molecule has 0 aliphatic rings. The summed E-state index contributed by atoms with van der Waals surface area (Å²) in [4.78, 5) is 9.77. The van der Waals surface area contributed by atoms with Gasteiger partial charge in [-0.1, -0.05) is 0 Å². The second-order valence-electron chi connectivity index (χ2n) is 1.01. The molecule has 0 atom stereocenters. The first-order valence-corrected chi connectivity index (χ1v) is 2.00. The van der Waals surface area contributed by atoms with Crippen molar-refractivity contribution in [2.24, 2.45) is 0 Å². The minimum absolute atomic E-state index is 0.375. The zero-order chi connectivity index (χ0) is 5.70. The molecule has 0 aromatic carbocycles. The first kappa shape index (κ1) is 6.21. The Morgan fingerprint density at radius 2 is 2.29 bits per heavy atom. The molecule has 0 amide bonds. The molecule has 0 N–H and O–H groups in total. The molecule has 0 radical (unpaired) electrons. The third-order valence-corrected chi connectivity index (χ3v) is 0.636. The first-order valence-electron chi connectivity index (χ1n) is 2.00. The number of rotatable bonds is 2. The molecule has 0 aromatic heterocycles. The molecule has 40 valence electrons. The second kappa shape index (κ2) is 3.40. The number of hydrogen-bond donors (Lipinski definition) is 0. The molecule has 0 fully saturated rings. The molecule has 0 spiro atoms. The van der Waals surface area contributed by atoms with Crippen LogP contribution in [0.3, 0.4) is 0 Å². The topological polar surface area (TPSA) is 26.3 Å². The third-order valence-electron chi connectivity index (χ3n) is 0.636. The minimum Gasteiger partial charge on any atom is -0.494 e. The van der Waals surface area contributed by atoms with Crippen molar-refractivity contribution in [2.45, 2.75) is 6.92 Å². The molecule has 0 bridgehead atoms. The molecular weight excluding hydrogens is 92.1 g/mol. The third kappa shape index (κ3) is 1.98. The maximum atomic E-state index is 9.77. The van der Waals surface area contributed by atoms with E-state index in [0.29, 0.717) is 12.0 Å². The summed E-state index contributed by atoms with van der Waals surface area (Å²) >= 11 is 0. The van der Waals surface area contributed by atoms with Crippen LogP contribution in [0.25, 0.3) is 0 Å². The van der Waals surface area contributed by atoms with Crippen molar-refractivity contribution < 1.29 is 9.53 Å². The molecular formula is C5H8O2. The van der Waals surface area contributed by atoms with E-state index >= 15 is 0 Å². The van der Waals surface area contributed by atoms with Gasteiger partial charge in [-0.3, -0.25) is 4.79 Å². The second-order valence-corrected chi connectivity index (χ2v) is 1.01. The Balaban J connectivity index is 3.60. The summed E-state index contributed by atoms with van der Waals surface area (Å²) in [6, 6.07) is 0. The van der Waals surface area contributed by atoms with Crippen LogP contribution in [0.2, 0.25) is 0 Å². The van der Waals surface area contributed by atoms with Crippen molar-refractivity contribution in [1.82, 2.24) is 0 Å². The predicted octanol–water partition coefficient (Wildman–Crippen LogP) is 0.736. The Labute approximate surface area is 42.8 Å². The van der Waals surface area contributed by atoms with Gasteiger partial charge in [0.25, 0.3) is 0 Å². The zero-order valence-electron chi connectivity index (χ0n) is 4.47. The molecule has 0 unspecified atom stereocenters. The summed E-state index contributed by atoms with van der Waals surface area (Å²) in [6.07, 6.45) is 2.27. The fourth-order valence-corrected chi connectivity index (χ4v) is 0.234. The Morgan fingerprint density at radius 3 is 2.29 bits per heavy atom. The summed E-state index contributed by atoms with van der Waals surface area (Å²) in [7, 11) is 1.46. The SMILES string of the molecule is C/C=C(/C=O)OC. The van der Waals surface area contributed by atoms with Gasteiger partial charge < -0.3 is 4.74 Å². The fraction of sp³-hybridized carbons (Fsp3) is 0.400. The number of aldehydes is 1. The molecule has 2 nitrogen and oxygen atoms in total. The molecule has 0 rings (SSSR count). The quantitative estimate of drug-likeness (QED) is 0.290. The smallest absolute Gasteiger partial charge is 0.184 e. The van der Waals surface area contributed by atoms with Crippen molar-refractivity contribution in [3.05, 3.63) is 11.8 Å². The maximum Gasteiger partial charge on any atom is 0.184 e. The Kier molecular flexibility index (Phi) is 3.02. The summed E-state index contributed by atoms with van der Waals surface area (Å²) in [5.74, 6) is 0.375. The Hall–Kier alpha value is -0.790. The highest BCUT2D eigenvalue weighted by Gasteiger charge is 1.82. The molecule has 0 saturated carbocycles. The average Bonchev–Trinajstić information content (AvgIpc) is 1.72. The van der Waals surface area contributed by atoms with E-state index in [-0.39, 0.29) is 0 Å². The van der Waals surface area contributed by atoms with E-state index in [1.807, 2.05) is 0 Å². The zero-order valence-corrected chi connectivity index (χ0v) is 4.47. The van der Waals surface area contributed by atoms with Crippen LogP contribution in [-0.4, -0.2) is 13.4 Å². The van der Waals surface area contributed by atoms with Gasteiger partial charge in [0.15, 0.2) is 12.0 Å². The standard InChI is InChI=1S/C5H8O2/c1-3-5(4-6)7-2/h3-4H,1-2H3/b5-3-. The Morgan fingerprint density at radius 1 is 1.71 bits per heavy atom. The van der Waals surface area contributed by atoms with Gasteiger partial charge >= 0.3 is 0 Å². The molecule has 0 aliphatic heterocycles. The average molecular weight is 100 g/mol. The number of carbonyl (C=O) groups excluding carboxylic acids is 1. The normalized spacial score (nSPS) is 10.9. The van der Waals surface area contributed by atoms with Crippen molar-refractivity contribution in [3.63, 3.8) is 0 Å². The van der Waals surface area contributed by atoms with E-state index in [1.54, 1.807) is 13.0 Å². The van der Waals surface area contributed by atoms with Gasteiger partial charge in [-0.25, -0.2) is 0 Å². The number of methoxy groups -OCH3 is 1. The van der Waals surface area contributed by atoms with E-state index in [1.165, 1.54) is 7.11 Å². The summed E-state index contributed by atoms with van der Waals surface area (Å²) < 4.78 is 4.54. The molecule has 0 heterocycles. The van der Waals surface area contributed by atoms with Gasteiger partial charge in [0.1, 0.15) is 0 Å². The fourth-order valence-electron chi connectivity index (χ4n) is 0.234. The van der Waals surface area contributed by atoms with Crippen LogP contribution in [0.15, 0.2) is 11.8 Å². The lowest BCUT2D eigenvalue weighted by atomic mass is 10.5. The van der Waals surface area contributed by atoms with Crippen molar-refractivity contribution in [3.8, 4) is 0 Å². The Bertz CT molecular complexity index is 84.1. The van der Waals surface area contributed by atoms with E-state index in [2.05, 4.69) is 4.74 Å². The monoisotopic (exact) mass is 100 g/mol. The van der Waals surface area contributed by atoms with Gasteiger partial charge in [0.2, 0.25) is 0 Å². The number of allylic oxidation sites excluding steroid dienone is 2. The van der Waals surface area contributed by atoms with Crippen molar-refractivity contribution in [2.75, 3.05) is 7.11 Å². The van der Waals surface area contributed by atoms with E-state index in [9.17, 15) is 4.79 Å². The summed E-state index contributed by atoms with van der Waals surface area (Å²) in [5.41, 5.74) is 0. The lowest BCUT2D eigenvalue weighted by Crippen LogP contribution is -1.84. The number of hydrogen-bond acceptors (Lipinski definition) is 2. The minimum atomic E-state index is 0.375.